The molecule has 0 bridgehead atoms. The maximum atomic E-state index is 12.9. The molecule has 0 amide bonds. The molecule has 21 heavy (non-hydrogen) atoms. The zero-order valence-corrected chi connectivity index (χ0v) is 13.5. The first-order valence-electron chi connectivity index (χ1n) is 6.84. The summed E-state index contributed by atoms with van der Waals surface area (Å²) < 4.78 is 0. The number of hydrogen-bond acceptors (Lipinski definition) is 1. The molecule has 4 heteroatoms. The third-order valence-corrected chi connectivity index (χ3v) is 4.75. The summed E-state index contributed by atoms with van der Waals surface area (Å²) in [4.78, 5) is 12.9. The molecule has 0 radical (unpaired) electrons. The third-order valence-electron chi connectivity index (χ3n) is 3.94. The molecule has 2 aromatic rings. The highest BCUT2D eigenvalue weighted by atomic mass is 35.5. The van der Waals surface area contributed by atoms with Crippen LogP contribution in [-0.4, -0.2) is 5.78 Å². The Morgan fingerprint density at radius 1 is 1.05 bits per heavy atom. The van der Waals surface area contributed by atoms with Gasteiger partial charge in [0.25, 0.3) is 0 Å². The molecule has 1 aliphatic carbocycles. The lowest BCUT2D eigenvalue weighted by molar-refractivity contribution is 0.0951. The van der Waals surface area contributed by atoms with Gasteiger partial charge in [-0.2, -0.15) is 0 Å². The minimum Gasteiger partial charge on any atom is -0.293 e. The van der Waals surface area contributed by atoms with Crippen LogP contribution in [0.3, 0.4) is 0 Å². The number of benzene rings is 2. The van der Waals surface area contributed by atoms with Crippen molar-refractivity contribution in [3.05, 3.63) is 68.2 Å². The summed E-state index contributed by atoms with van der Waals surface area (Å²) in [7, 11) is 0. The average molecular weight is 340 g/mol. The third kappa shape index (κ3) is 2.83. The Morgan fingerprint density at radius 3 is 2.43 bits per heavy atom. The van der Waals surface area contributed by atoms with Gasteiger partial charge in [-0.3, -0.25) is 4.79 Å². The van der Waals surface area contributed by atoms with Gasteiger partial charge in [0.15, 0.2) is 5.78 Å². The van der Waals surface area contributed by atoms with E-state index in [0.29, 0.717) is 20.6 Å². The summed E-state index contributed by atoms with van der Waals surface area (Å²) in [5.41, 5.74) is 2.71. The first kappa shape index (κ1) is 14.9. The Kier molecular flexibility index (Phi) is 4.26. The van der Waals surface area contributed by atoms with Crippen molar-refractivity contribution < 1.29 is 4.79 Å². The number of Topliss-reactive ketones (excluding diaryl/α,β-unsaturated/α-hetero) is 1. The van der Waals surface area contributed by atoms with Crippen LogP contribution in [0.4, 0.5) is 0 Å². The second-order valence-electron chi connectivity index (χ2n) is 5.25. The van der Waals surface area contributed by atoms with Crippen molar-refractivity contribution in [3.63, 3.8) is 0 Å². The minimum atomic E-state index is -0.175. The van der Waals surface area contributed by atoms with E-state index in [0.717, 1.165) is 24.8 Å². The molecule has 0 saturated heterocycles. The van der Waals surface area contributed by atoms with Crippen molar-refractivity contribution in [2.75, 3.05) is 0 Å². The van der Waals surface area contributed by atoms with E-state index in [1.165, 1.54) is 5.56 Å². The largest absolute Gasteiger partial charge is 0.293 e. The number of ketones is 1. The SMILES string of the molecule is O=C(c1c(Cl)cc(Cl)cc1Cl)C1CCCc2ccccc21. The van der Waals surface area contributed by atoms with Gasteiger partial charge in [-0.05, 0) is 42.5 Å². The first-order chi connectivity index (χ1) is 10.1. The van der Waals surface area contributed by atoms with Crippen LogP contribution in [0.15, 0.2) is 36.4 Å². The van der Waals surface area contributed by atoms with Crippen molar-refractivity contribution in [1.82, 2.24) is 0 Å². The van der Waals surface area contributed by atoms with Crippen molar-refractivity contribution in [2.45, 2.75) is 25.2 Å². The van der Waals surface area contributed by atoms with Gasteiger partial charge in [0, 0.05) is 10.9 Å². The molecular weight excluding hydrogens is 327 g/mol. The number of carbonyl (C=O) groups is 1. The lowest BCUT2D eigenvalue weighted by atomic mass is 9.79. The number of fused-ring (bicyclic) bond motifs is 1. The molecular formula is C17H13Cl3O. The summed E-state index contributed by atoms with van der Waals surface area (Å²) >= 11 is 18.3. The maximum absolute atomic E-state index is 12.9. The molecule has 0 saturated carbocycles. The average Bonchev–Trinajstić information content (AvgIpc) is 2.45. The Bertz CT molecular complexity index is 686. The Balaban J connectivity index is 2.05. The number of hydrogen-bond donors (Lipinski definition) is 0. The van der Waals surface area contributed by atoms with E-state index >= 15 is 0 Å². The van der Waals surface area contributed by atoms with Gasteiger partial charge in [0.1, 0.15) is 0 Å². The van der Waals surface area contributed by atoms with Gasteiger partial charge in [-0.25, -0.2) is 0 Å². The molecule has 0 aliphatic heterocycles. The standard InChI is InChI=1S/C17H13Cl3O/c18-11-8-14(19)16(15(20)9-11)17(21)13-7-3-5-10-4-1-2-6-12(10)13/h1-2,4,6,8-9,13H,3,5,7H2. The van der Waals surface area contributed by atoms with E-state index in [9.17, 15) is 4.79 Å². The van der Waals surface area contributed by atoms with Crippen LogP contribution < -0.4 is 0 Å². The topological polar surface area (TPSA) is 17.1 Å². The molecule has 0 spiro atoms. The molecule has 1 unspecified atom stereocenters. The minimum absolute atomic E-state index is 0.0196. The summed E-state index contributed by atoms with van der Waals surface area (Å²) in [5, 5.41) is 1.08. The maximum Gasteiger partial charge on any atom is 0.173 e. The highest BCUT2D eigenvalue weighted by molar-refractivity contribution is 6.42. The van der Waals surface area contributed by atoms with Crippen LogP contribution in [0.25, 0.3) is 0 Å². The molecule has 3 rings (SSSR count). The summed E-state index contributed by atoms with van der Waals surface area (Å²) in [6.45, 7) is 0. The zero-order chi connectivity index (χ0) is 15.0. The van der Waals surface area contributed by atoms with Crippen LogP contribution in [-0.2, 0) is 6.42 Å². The van der Waals surface area contributed by atoms with Gasteiger partial charge >= 0.3 is 0 Å². The van der Waals surface area contributed by atoms with Crippen molar-refractivity contribution in [1.29, 1.82) is 0 Å². The Labute approximate surface area is 138 Å². The highest BCUT2D eigenvalue weighted by Crippen LogP contribution is 2.38. The summed E-state index contributed by atoms with van der Waals surface area (Å²) in [5.74, 6) is -0.194. The quantitative estimate of drug-likeness (QED) is 0.618. The molecule has 0 aromatic heterocycles. The van der Waals surface area contributed by atoms with E-state index in [1.54, 1.807) is 12.1 Å². The summed E-state index contributed by atoms with van der Waals surface area (Å²) in [6, 6.07) is 11.2. The van der Waals surface area contributed by atoms with E-state index in [2.05, 4.69) is 6.07 Å². The van der Waals surface area contributed by atoms with Crippen LogP contribution in [0.1, 0.15) is 40.2 Å². The number of rotatable bonds is 2. The molecule has 108 valence electrons. The van der Waals surface area contributed by atoms with Gasteiger partial charge in [0.05, 0.1) is 15.6 Å². The molecule has 1 nitrogen and oxygen atoms in total. The molecule has 0 fully saturated rings. The number of aryl methyl sites for hydroxylation is 1. The number of carbonyl (C=O) groups excluding carboxylic acids is 1. The Hall–Kier alpha value is -1.02. The predicted molar refractivity (Wildman–Crippen MR) is 87.9 cm³/mol. The Morgan fingerprint density at radius 2 is 1.71 bits per heavy atom. The lowest BCUT2D eigenvalue weighted by Gasteiger charge is -2.25. The lowest BCUT2D eigenvalue weighted by Crippen LogP contribution is -2.19. The van der Waals surface area contributed by atoms with E-state index in [-0.39, 0.29) is 11.7 Å². The van der Waals surface area contributed by atoms with Gasteiger partial charge in [0.2, 0.25) is 0 Å². The summed E-state index contributed by atoms with van der Waals surface area (Å²) in [6.07, 6.45) is 2.84. The first-order valence-corrected chi connectivity index (χ1v) is 7.98. The predicted octanol–water partition coefficient (Wildman–Crippen LogP) is 5.95. The highest BCUT2D eigenvalue weighted by Gasteiger charge is 2.29. The second kappa shape index (κ2) is 6.00. The van der Waals surface area contributed by atoms with E-state index in [4.69, 9.17) is 34.8 Å². The molecule has 2 aromatic carbocycles. The molecule has 0 N–H and O–H groups in total. The van der Waals surface area contributed by atoms with Crippen molar-refractivity contribution in [3.8, 4) is 0 Å². The normalized spacial score (nSPS) is 17.4. The molecule has 1 atom stereocenters. The smallest absolute Gasteiger partial charge is 0.173 e. The fourth-order valence-electron chi connectivity index (χ4n) is 2.98. The zero-order valence-electron chi connectivity index (χ0n) is 11.2. The van der Waals surface area contributed by atoms with E-state index < -0.39 is 0 Å². The van der Waals surface area contributed by atoms with Crippen LogP contribution >= 0.6 is 34.8 Å². The molecule has 1 aliphatic rings. The van der Waals surface area contributed by atoms with Crippen LogP contribution in [0.2, 0.25) is 15.1 Å². The van der Waals surface area contributed by atoms with Gasteiger partial charge in [-0.15, -0.1) is 0 Å². The van der Waals surface area contributed by atoms with Crippen molar-refractivity contribution >= 4 is 40.6 Å². The van der Waals surface area contributed by atoms with Crippen LogP contribution in [0, 0.1) is 0 Å². The fraction of sp³-hybridized carbons (Fsp3) is 0.235. The fourth-order valence-corrected chi connectivity index (χ4v) is 3.98. The number of halogens is 3. The van der Waals surface area contributed by atoms with Gasteiger partial charge in [-0.1, -0.05) is 59.1 Å². The van der Waals surface area contributed by atoms with E-state index in [1.807, 2.05) is 18.2 Å². The van der Waals surface area contributed by atoms with Crippen LogP contribution in [0.5, 0.6) is 0 Å². The van der Waals surface area contributed by atoms with Crippen molar-refractivity contribution in [2.24, 2.45) is 0 Å². The monoisotopic (exact) mass is 338 g/mol. The van der Waals surface area contributed by atoms with Gasteiger partial charge < -0.3 is 0 Å². The second-order valence-corrected chi connectivity index (χ2v) is 6.50. The molecule has 0 heterocycles.